The van der Waals surface area contributed by atoms with Gasteiger partial charge in [-0.15, -0.1) is 0 Å². The molecule has 0 aliphatic carbocycles. The van der Waals surface area contributed by atoms with Gasteiger partial charge in [0.1, 0.15) is 17.3 Å². The minimum Gasteiger partial charge on any atom is -0.496 e. The molecular weight excluding hydrogens is 393 g/mol. The minimum absolute atomic E-state index is 0.0552. The Kier molecular flexibility index (Phi) is 6.31. The number of carboxylic acids is 1. The van der Waals surface area contributed by atoms with Crippen molar-refractivity contribution in [3.63, 3.8) is 0 Å². The molecule has 1 heterocycles. The van der Waals surface area contributed by atoms with Gasteiger partial charge in [-0.05, 0) is 18.2 Å². The molecule has 1 amide bonds. The van der Waals surface area contributed by atoms with Crippen LogP contribution >= 0.6 is 0 Å². The molecule has 156 valence electrons. The first-order valence-corrected chi connectivity index (χ1v) is 8.99. The summed E-state index contributed by atoms with van der Waals surface area (Å²) >= 11 is 0. The van der Waals surface area contributed by atoms with Crippen LogP contribution in [0.25, 0.3) is 5.69 Å². The fourth-order valence-corrected chi connectivity index (χ4v) is 3.02. The van der Waals surface area contributed by atoms with Crippen LogP contribution in [0.1, 0.15) is 28.5 Å². The third-order valence-corrected chi connectivity index (χ3v) is 4.40. The smallest absolute Gasteiger partial charge is 0.305 e. The Labute approximate surface area is 171 Å². The molecule has 2 N–H and O–H groups in total. The molecule has 0 aliphatic rings. The van der Waals surface area contributed by atoms with Crippen molar-refractivity contribution >= 4 is 11.9 Å². The fourth-order valence-electron chi connectivity index (χ4n) is 3.02. The zero-order valence-electron chi connectivity index (χ0n) is 16.3. The first kappa shape index (κ1) is 20.8. The number of methoxy groups -OCH3 is 2. The van der Waals surface area contributed by atoms with Gasteiger partial charge in [-0.1, -0.05) is 30.3 Å². The molecule has 9 heteroatoms. The summed E-state index contributed by atoms with van der Waals surface area (Å²) in [6, 6.07) is 13.2. The van der Waals surface area contributed by atoms with Crippen LogP contribution in [0.4, 0.5) is 4.39 Å². The summed E-state index contributed by atoms with van der Waals surface area (Å²) in [6.07, 6.45) is -0.364. The van der Waals surface area contributed by atoms with E-state index in [2.05, 4.69) is 10.4 Å². The molecule has 8 nitrogen and oxygen atoms in total. The summed E-state index contributed by atoms with van der Waals surface area (Å²) < 4.78 is 25.8. The monoisotopic (exact) mass is 413 g/mol. The van der Waals surface area contributed by atoms with E-state index in [0.717, 1.165) is 0 Å². The number of aromatic nitrogens is 2. The summed E-state index contributed by atoms with van der Waals surface area (Å²) in [5.41, 5.74) is 0.567. The van der Waals surface area contributed by atoms with Gasteiger partial charge < -0.3 is 19.9 Å². The van der Waals surface area contributed by atoms with Gasteiger partial charge in [-0.25, -0.2) is 4.39 Å². The van der Waals surface area contributed by atoms with Crippen molar-refractivity contribution in [1.82, 2.24) is 15.1 Å². The van der Waals surface area contributed by atoms with Gasteiger partial charge in [0.2, 0.25) is 5.88 Å². The lowest BCUT2D eigenvalue weighted by Crippen LogP contribution is -2.31. The van der Waals surface area contributed by atoms with Crippen molar-refractivity contribution in [2.24, 2.45) is 0 Å². The molecule has 0 bridgehead atoms. The largest absolute Gasteiger partial charge is 0.496 e. The van der Waals surface area contributed by atoms with Gasteiger partial charge in [-0.2, -0.15) is 9.78 Å². The number of ether oxygens (including phenoxy) is 2. The number of hydrogen-bond donors (Lipinski definition) is 2. The molecule has 3 rings (SSSR count). The van der Waals surface area contributed by atoms with E-state index in [-0.39, 0.29) is 23.7 Å². The molecular formula is C21H20FN3O5. The summed E-state index contributed by atoms with van der Waals surface area (Å²) in [7, 11) is 2.83. The van der Waals surface area contributed by atoms with Gasteiger partial charge >= 0.3 is 5.97 Å². The Balaban J connectivity index is 1.93. The van der Waals surface area contributed by atoms with Crippen LogP contribution in [-0.2, 0) is 4.79 Å². The highest BCUT2D eigenvalue weighted by atomic mass is 19.1. The zero-order chi connectivity index (χ0) is 21.7. The summed E-state index contributed by atoms with van der Waals surface area (Å²) in [5.74, 6) is -1.68. The van der Waals surface area contributed by atoms with Crippen LogP contribution in [0.3, 0.4) is 0 Å². The molecule has 1 aromatic heterocycles. The highest BCUT2D eigenvalue weighted by molar-refractivity contribution is 5.93. The number of carboxylic acid groups (broad SMARTS) is 1. The molecule has 30 heavy (non-hydrogen) atoms. The first-order chi connectivity index (χ1) is 14.4. The predicted octanol–water partition coefficient (Wildman–Crippen LogP) is 2.97. The van der Waals surface area contributed by atoms with Gasteiger partial charge in [0.05, 0.1) is 26.7 Å². The third-order valence-electron chi connectivity index (χ3n) is 4.40. The van der Waals surface area contributed by atoms with E-state index in [0.29, 0.717) is 11.3 Å². The number of carbonyl (C=O) groups is 2. The molecule has 0 aliphatic heterocycles. The van der Waals surface area contributed by atoms with Gasteiger partial charge in [0.15, 0.2) is 5.69 Å². The van der Waals surface area contributed by atoms with Crippen LogP contribution in [-0.4, -0.2) is 41.0 Å². The SMILES string of the molecule is COc1ccccc1[C@H](CC(=O)O)NC(=O)c1cc(OC)n(-c2ccccc2F)n1. The van der Waals surface area contributed by atoms with E-state index in [9.17, 15) is 19.1 Å². The van der Waals surface area contributed by atoms with Crippen LogP contribution in [0, 0.1) is 5.82 Å². The molecule has 0 saturated carbocycles. The van der Waals surface area contributed by atoms with Crippen molar-refractivity contribution < 1.29 is 28.6 Å². The second-order valence-electron chi connectivity index (χ2n) is 6.30. The summed E-state index contributed by atoms with van der Waals surface area (Å²) in [4.78, 5) is 24.2. The number of carbonyl (C=O) groups excluding carboxylic acids is 1. The topological polar surface area (TPSA) is 103 Å². The second-order valence-corrected chi connectivity index (χ2v) is 6.30. The van der Waals surface area contributed by atoms with Crippen molar-refractivity contribution in [3.05, 3.63) is 71.7 Å². The van der Waals surface area contributed by atoms with E-state index in [1.165, 1.54) is 43.2 Å². The predicted molar refractivity (Wildman–Crippen MR) is 106 cm³/mol. The van der Waals surface area contributed by atoms with E-state index >= 15 is 0 Å². The van der Waals surface area contributed by atoms with Crippen LogP contribution in [0.5, 0.6) is 11.6 Å². The second kappa shape index (κ2) is 9.08. The number of rotatable bonds is 8. The van der Waals surface area contributed by atoms with Crippen LogP contribution in [0.15, 0.2) is 54.6 Å². The number of nitrogens with zero attached hydrogens (tertiary/aromatic N) is 2. The molecule has 0 spiro atoms. The van der Waals surface area contributed by atoms with E-state index in [1.807, 2.05) is 0 Å². The Morgan fingerprint density at radius 3 is 2.50 bits per heavy atom. The van der Waals surface area contributed by atoms with Crippen molar-refractivity contribution in [1.29, 1.82) is 0 Å². The van der Waals surface area contributed by atoms with E-state index in [1.54, 1.807) is 30.3 Å². The maximum atomic E-state index is 14.2. The fraction of sp³-hybridized carbons (Fsp3) is 0.190. The highest BCUT2D eigenvalue weighted by Crippen LogP contribution is 2.28. The zero-order valence-corrected chi connectivity index (χ0v) is 16.3. The number of para-hydroxylation sites is 2. The number of nitrogens with one attached hydrogen (secondary N) is 1. The van der Waals surface area contributed by atoms with Gasteiger partial charge in [0, 0.05) is 11.6 Å². The molecule has 3 aromatic rings. The van der Waals surface area contributed by atoms with E-state index in [4.69, 9.17) is 9.47 Å². The maximum absolute atomic E-state index is 14.2. The minimum atomic E-state index is -1.10. The Hall–Kier alpha value is -3.88. The molecule has 0 unspecified atom stereocenters. The summed E-state index contributed by atoms with van der Waals surface area (Å²) in [6.45, 7) is 0. The van der Waals surface area contributed by atoms with Crippen molar-refractivity contribution in [3.8, 4) is 17.3 Å². The number of amides is 1. The lowest BCUT2D eigenvalue weighted by molar-refractivity contribution is -0.137. The first-order valence-electron chi connectivity index (χ1n) is 8.99. The number of benzene rings is 2. The quantitative estimate of drug-likeness (QED) is 0.589. The Bertz CT molecular complexity index is 1070. The van der Waals surface area contributed by atoms with Crippen molar-refractivity contribution in [2.75, 3.05) is 14.2 Å². The normalized spacial score (nSPS) is 11.6. The van der Waals surface area contributed by atoms with Crippen LogP contribution < -0.4 is 14.8 Å². The van der Waals surface area contributed by atoms with Crippen LogP contribution in [0.2, 0.25) is 0 Å². The lowest BCUT2D eigenvalue weighted by Gasteiger charge is -2.19. The maximum Gasteiger partial charge on any atom is 0.305 e. The van der Waals surface area contributed by atoms with Crippen molar-refractivity contribution in [2.45, 2.75) is 12.5 Å². The average molecular weight is 413 g/mol. The Morgan fingerprint density at radius 2 is 1.83 bits per heavy atom. The van der Waals surface area contributed by atoms with E-state index < -0.39 is 23.7 Å². The molecule has 1 atom stereocenters. The van der Waals surface area contributed by atoms with Gasteiger partial charge in [0.25, 0.3) is 5.91 Å². The Morgan fingerprint density at radius 1 is 1.13 bits per heavy atom. The highest BCUT2D eigenvalue weighted by Gasteiger charge is 2.24. The molecule has 0 radical (unpaired) electrons. The molecule has 0 saturated heterocycles. The van der Waals surface area contributed by atoms with Gasteiger partial charge in [-0.3, -0.25) is 9.59 Å². The molecule has 0 fully saturated rings. The molecule has 2 aromatic carbocycles. The number of halogens is 1. The lowest BCUT2D eigenvalue weighted by atomic mass is 10.0. The number of aliphatic carboxylic acids is 1. The average Bonchev–Trinajstić information content (AvgIpc) is 3.17. The standard InChI is InChI=1S/C21H20FN3O5/c1-29-18-10-6-3-7-13(18)15(12-20(26)27)23-21(28)16-11-19(30-2)25(24-16)17-9-5-4-8-14(17)22/h3-11,15H,12H2,1-2H3,(H,23,28)(H,26,27)/t15-/m0/s1. The number of hydrogen-bond acceptors (Lipinski definition) is 5. The summed E-state index contributed by atoms with van der Waals surface area (Å²) in [5, 5.41) is 16.1. The third kappa shape index (κ3) is 4.40.